The van der Waals surface area contributed by atoms with E-state index in [1.54, 1.807) is 0 Å². The van der Waals surface area contributed by atoms with Gasteiger partial charge in [-0.15, -0.1) is 0 Å². The third-order valence-electron chi connectivity index (χ3n) is 10.0. The van der Waals surface area contributed by atoms with Gasteiger partial charge in [0.2, 0.25) is 5.91 Å². The van der Waals surface area contributed by atoms with E-state index in [4.69, 9.17) is 4.74 Å². The zero-order valence-corrected chi connectivity index (χ0v) is 32.9. The molecular weight excluding hydrogens is 580 g/mol. The number of hydrogen-bond donors (Lipinski definition) is 0. The maximum atomic E-state index is 13.8. The van der Waals surface area contributed by atoms with E-state index in [1.165, 1.54) is 135 Å². The lowest BCUT2D eigenvalue weighted by Crippen LogP contribution is -2.42. The van der Waals surface area contributed by atoms with E-state index >= 15 is 0 Å². The Labute approximate surface area is 295 Å². The van der Waals surface area contributed by atoms with Crippen LogP contribution in [-0.4, -0.2) is 61.5 Å². The number of unbranched alkanes of at least 4 members (excludes halogenated alkanes) is 18. The van der Waals surface area contributed by atoms with E-state index < -0.39 is 0 Å². The van der Waals surface area contributed by atoms with E-state index in [0.717, 1.165) is 51.6 Å². The lowest BCUT2D eigenvalue weighted by Gasteiger charge is -2.32. The predicted octanol–water partition coefficient (Wildman–Crippen LogP) is 12.3. The summed E-state index contributed by atoms with van der Waals surface area (Å²) in [5.74, 6) is 0.811. The van der Waals surface area contributed by atoms with Crippen molar-refractivity contribution >= 4 is 11.9 Å². The summed E-state index contributed by atoms with van der Waals surface area (Å²) in [5, 5.41) is 0. The fourth-order valence-electron chi connectivity index (χ4n) is 6.87. The second kappa shape index (κ2) is 34.8. The van der Waals surface area contributed by atoms with Crippen LogP contribution in [0.4, 0.5) is 0 Å². The van der Waals surface area contributed by atoms with E-state index in [-0.39, 0.29) is 17.9 Å². The zero-order valence-electron chi connectivity index (χ0n) is 32.9. The molecule has 0 aromatic carbocycles. The number of esters is 1. The first-order valence-corrected chi connectivity index (χ1v) is 21.0. The molecule has 0 saturated carbocycles. The Morgan fingerprint density at radius 1 is 0.511 bits per heavy atom. The molecule has 5 nitrogen and oxygen atoms in total. The zero-order chi connectivity index (χ0) is 34.8. The highest BCUT2D eigenvalue weighted by Crippen LogP contribution is 2.23. The molecule has 0 aromatic heterocycles. The van der Waals surface area contributed by atoms with Crippen LogP contribution in [0.5, 0.6) is 0 Å². The first-order valence-electron chi connectivity index (χ1n) is 21.0. The fraction of sp³-hybridized carbons (Fsp3) is 0.952. The van der Waals surface area contributed by atoms with Gasteiger partial charge in [0, 0.05) is 19.0 Å². The quantitative estimate of drug-likeness (QED) is 0.0494. The summed E-state index contributed by atoms with van der Waals surface area (Å²) in [6.07, 6.45) is 33.7. The van der Waals surface area contributed by atoms with Crippen LogP contribution in [-0.2, 0) is 14.3 Å². The van der Waals surface area contributed by atoms with Crippen LogP contribution < -0.4 is 0 Å². The number of carbonyl (C=O) groups excluding carboxylic acids is 2. The van der Waals surface area contributed by atoms with Crippen molar-refractivity contribution in [3.8, 4) is 0 Å². The van der Waals surface area contributed by atoms with Gasteiger partial charge in [0.25, 0.3) is 0 Å². The van der Waals surface area contributed by atoms with E-state index in [0.29, 0.717) is 25.4 Å². The monoisotopic (exact) mass is 665 g/mol. The number of hydrogen-bond acceptors (Lipinski definition) is 4. The highest BCUT2D eigenvalue weighted by atomic mass is 16.5. The van der Waals surface area contributed by atoms with Gasteiger partial charge in [-0.2, -0.15) is 0 Å². The summed E-state index contributed by atoms with van der Waals surface area (Å²) in [4.78, 5) is 31.5. The van der Waals surface area contributed by atoms with Crippen LogP contribution >= 0.6 is 0 Å². The van der Waals surface area contributed by atoms with Crippen molar-refractivity contribution in [2.45, 2.75) is 220 Å². The average molecular weight is 665 g/mol. The molecule has 0 rings (SSSR count). The van der Waals surface area contributed by atoms with Gasteiger partial charge in [0.1, 0.15) is 0 Å². The number of amides is 1. The summed E-state index contributed by atoms with van der Waals surface area (Å²) in [6.45, 7) is 11.4. The lowest BCUT2D eigenvalue weighted by molar-refractivity contribution is -0.147. The molecular formula is C42H84N2O3. The molecule has 5 heteroatoms. The Bertz CT molecular complexity index is 673. The molecule has 0 spiro atoms. The summed E-state index contributed by atoms with van der Waals surface area (Å²) in [5.41, 5.74) is 0. The summed E-state index contributed by atoms with van der Waals surface area (Å²) in [7, 11) is 4.19. The van der Waals surface area contributed by atoms with Gasteiger partial charge >= 0.3 is 5.97 Å². The largest absolute Gasteiger partial charge is 0.466 e. The molecule has 280 valence electrons. The van der Waals surface area contributed by atoms with Gasteiger partial charge < -0.3 is 14.5 Å². The summed E-state index contributed by atoms with van der Waals surface area (Å²) >= 11 is 0. The number of carbonyl (C=O) groups is 2. The Morgan fingerprint density at radius 3 is 1.49 bits per heavy atom. The molecule has 47 heavy (non-hydrogen) atoms. The van der Waals surface area contributed by atoms with Crippen LogP contribution in [0.1, 0.15) is 214 Å². The second-order valence-electron chi connectivity index (χ2n) is 15.0. The first-order chi connectivity index (χ1) is 22.9. The lowest BCUT2D eigenvalue weighted by atomic mass is 9.92. The minimum atomic E-state index is -0.0971. The van der Waals surface area contributed by atoms with E-state index in [1.807, 2.05) is 0 Å². The molecule has 0 heterocycles. The Morgan fingerprint density at radius 2 is 0.957 bits per heavy atom. The Hall–Kier alpha value is -1.10. The third-order valence-corrected chi connectivity index (χ3v) is 10.0. The molecule has 1 amide bonds. The summed E-state index contributed by atoms with van der Waals surface area (Å²) < 4.78 is 5.95. The van der Waals surface area contributed by atoms with Crippen LogP contribution in [0.2, 0.25) is 0 Å². The van der Waals surface area contributed by atoms with E-state index in [9.17, 15) is 9.59 Å². The summed E-state index contributed by atoms with van der Waals surface area (Å²) in [6, 6.07) is -0.0334. The fourth-order valence-corrected chi connectivity index (χ4v) is 6.87. The molecule has 0 bridgehead atoms. The van der Waals surface area contributed by atoms with Crippen molar-refractivity contribution < 1.29 is 14.3 Å². The Kier molecular flexibility index (Phi) is 33.9. The number of ether oxygens (including phenoxy) is 1. The van der Waals surface area contributed by atoms with Crippen molar-refractivity contribution in [1.29, 1.82) is 0 Å². The minimum Gasteiger partial charge on any atom is -0.466 e. The number of nitrogens with zero attached hydrogens (tertiary/aromatic N) is 2. The van der Waals surface area contributed by atoms with Crippen LogP contribution in [0.3, 0.4) is 0 Å². The smallest absolute Gasteiger partial charge is 0.307 e. The van der Waals surface area contributed by atoms with Crippen LogP contribution in [0.25, 0.3) is 0 Å². The van der Waals surface area contributed by atoms with Gasteiger partial charge in [-0.1, -0.05) is 169 Å². The van der Waals surface area contributed by atoms with Crippen LogP contribution in [0, 0.1) is 5.92 Å². The molecule has 0 radical (unpaired) electrons. The molecule has 0 fully saturated rings. The van der Waals surface area contributed by atoms with Gasteiger partial charge in [-0.05, 0) is 58.7 Å². The van der Waals surface area contributed by atoms with Crippen molar-refractivity contribution in [1.82, 2.24) is 9.80 Å². The van der Waals surface area contributed by atoms with Crippen molar-refractivity contribution in [3.05, 3.63) is 0 Å². The number of rotatable bonds is 36. The van der Waals surface area contributed by atoms with E-state index in [2.05, 4.69) is 51.6 Å². The Balaban J connectivity index is 5.37. The van der Waals surface area contributed by atoms with Gasteiger partial charge in [-0.25, -0.2) is 0 Å². The SMILES string of the molecule is CCCCCCCCCCN(C(=O)CCCCN(C)C)C(CCCCCCCCC)CC(=O)OCCC(CCCCC)CCCCC. The van der Waals surface area contributed by atoms with Crippen molar-refractivity contribution in [2.24, 2.45) is 5.92 Å². The first kappa shape index (κ1) is 45.9. The molecule has 0 saturated heterocycles. The van der Waals surface area contributed by atoms with Gasteiger partial charge in [0.15, 0.2) is 0 Å². The van der Waals surface area contributed by atoms with Crippen molar-refractivity contribution in [2.75, 3.05) is 33.8 Å². The maximum absolute atomic E-state index is 13.8. The van der Waals surface area contributed by atoms with Crippen molar-refractivity contribution in [3.63, 3.8) is 0 Å². The molecule has 0 aliphatic rings. The minimum absolute atomic E-state index is 0.0334. The predicted molar refractivity (Wildman–Crippen MR) is 205 cm³/mol. The standard InChI is InChI=1S/C42H84N2O3/c1-7-11-15-17-19-21-23-28-36-44(41(45)33-27-29-35-43(5)6)40(32-26-22-20-18-16-12-8-2)38-42(46)47-37-34-39(30-24-13-9-3)31-25-14-10-4/h39-40H,7-38H2,1-6H3. The molecule has 1 atom stereocenters. The highest BCUT2D eigenvalue weighted by molar-refractivity contribution is 5.78. The normalized spacial score (nSPS) is 12.3. The molecule has 0 aliphatic carbocycles. The average Bonchev–Trinajstić information content (AvgIpc) is 3.05. The van der Waals surface area contributed by atoms with Crippen LogP contribution in [0.15, 0.2) is 0 Å². The molecule has 0 N–H and O–H groups in total. The third kappa shape index (κ3) is 29.5. The highest BCUT2D eigenvalue weighted by Gasteiger charge is 2.26. The maximum Gasteiger partial charge on any atom is 0.307 e. The second-order valence-corrected chi connectivity index (χ2v) is 15.0. The molecule has 0 aromatic rings. The topological polar surface area (TPSA) is 49.9 Å². The molecule has 0 aliphatic heterocycles. The van der Waals surface area contributed by atoms with Gasteiger partial charge in [0.05, 0.1) is 13.0 Å². The van der Waals surface area contributed by atoms with Gasteiger partial charge in [-0.3, -0.25) is 9.59 Å². The molecule has 1 unspecified atom stereocenters.